The lowest BCUT2D eigenvalue weighted by atomic mass is 9.89. The summed E-state index contributed by atoms with van der Waals surface area (Å²) in [7, 11) is 0. The zero-order valence-corrected chi connectivity index (χ0v) is 12.8. The van der Waals surface area contributed by atoms with Gasteiger partial charge in [-0.05, 0) is 37.8 Å². The maximum atomic E-state index is 11.6. The number of rotatable bonds is 9. The monoisotopic (exact) mass is 289 g/mol. The van der Waals surface area contributed by atoms with E-state index in [1.807, 2.05) is 38.1 Å². The van der Waals surface area contributed by atoms with E-state index in [0.717, 1.165) is 17.5 Å². The number of nitrogens with zero attached hydrogens (tertiary/aromatic N) is 1. The van der Waals surface area contributed by atoms with Crippen LogP contribution in [-0.4, -0.2) is 24.1 Å². The summed E-state index contributed by atoms with van der Waals surface area (Å²) in [5.41, 5.74) is 1.55. The van der Waals surface area contributed by atoms with Crippen molar-refractivity contribution >= 4 is 5.78 Å². The lowest BCUT2D eigenvalue weighted by Crippen LogP contribution is -2.15. The molecule has 0 amide bonds. The van der Waals surface area contributed by atoms with Crippen LogP contribution < -0.4 is 0 Å². The van der Waals surface area contributed by atoms with Gasteiger partial charge < -0.3 is 9.84 Å². The number of nitriles is 1. The summed E-state index contributed by atoms with van der Waals surface area (Å²) < 4.78 is 5.37. The molecule has 0 aromatic heterocycles. The Hall–Kier alpha value is -1.70. The van der Waals surface area contributed by atoms with E-state index in [1.165, 1.54) is 0 Å². The first kappa shape index (κ1) is 17.4. The van der Waals surface area contributed by atoms with Crippen LogP contribution in [0.5, 0.6) is 0 Å². The van der Waals surface area contributed by atoms with E-state index in [0.29, 0.717) is 19.4 Å². The number of aliphatic hydroxyl groups excluding tert-OH is 1. The van der Waals surface area contributed by atoms with Gasteiger partial charge in [-0.2, -0.15) is 5.26 Å². The SMILES string of the molecule is CC(C)(C#N)CCC(=O)COCCc1ccc(CO)cc1. The third-order valence-corrected chi connectivity index (χ3v) is 3.34. The molecule has 1 aromatic rings. The summed E-state index contributed by atoms with van der Waals surface area (Å²) in [6.45, 7) is 4.31. The molecule has 0 saturated carbocycles. The normalized spacial score (nSPS) is 11.1. The van der Waals surface area contributed by atoms with Crippen molar-refractivity contribution in [2.24, 2.45) is 5.41 Å². The lowest BCUT2D eigenvalue weighted by molar-refractivity contribution is -0.123. The predicted molar refractivity (Wildman–Crippen MR) is 80.5 cm³/mol. The highest BCUT2D eigenvalue weighted by Crippen LogP contribution is 2.20. The summed E-state index contributed by atoms with van der Waals surface area (Å²) >= 11 is 0. The topological polar surface area (TPSA) is 70.3 Å². The molecule has 4 heteroatoms. The number of carbonyl (C=O) groups is 1. The third-order valence-electron chi connectivity index (χ3n) is 3.34. The van der Waals surface area contributed by atoms with Crippen molar-refractivity contribution in [3.05, 3.63) is 35.4 Å². The first-order chi connectivity index (χ1) is 9.96. The first-order valence-corrected chi connectivity index (χ1v) is 7.16. The summed E-state index contributed by atoms with van der Waals surface area (Å²) in [4.78, 5) is 11.6. The van der Waals surface area contributed by atoms with Gasteiger partial charge in [0.25, 0.3) is 0 Å². The molecule has 0 atom stereocenters. The highest BCUT2D eigenvalue weighted by molar-refractivity contribution is 5.79. The number of hydrogen-bond donors (Lipinski definition) is 1. The van der Waals surface area contributed by atoms with Crippen LogP contribution in [0.25, 0.3) is 0 Å². The quantitative estimate of drug-likeness (QED) is 0.709. The fourth-order valence-corrected chi connectivity index (χ4v) is 1.77. The number of carbonyl (C=O) groups excluding carboxylic acids is 1. The van der Waals surface area contributed by atoms with Gasteiger partial charge in [-0.3, -0.25) is 4.79 Å². The summed E-state index contributed by atoms with van der Waals surface area (Å²) in [6.07, 6.45) is 1.68. The molecule has 0 bridgehead atoms. The molecule has 0 aliphatic heterocycles. The van der Waals surface area contributed by atoms with Crippen LogP contribution in [0.3, 0.4) is 0 Å². The minimum absolute atomic E-state index is 0.0361. The maximum Gasteiger partial charge on any atom is 0.158 e. The number of aliphatic hydroxyl groups is 1. The van der Waals surface area contributed by atoms with Gasteiger partial charge in [-0.15, -0.1) is 0 Å². The predicted octanol–water partition coefficient (Wildman–Crippen LogP) is 2.64. The largest absolute Gasteiger partial charge is 0.392 e. The van der Waals surface area contributed by atoms with Crippen molar-refractivity contribution in [2.45, 2.75) is 39.7 Å². The van der Waals surface area contributed by atoms with Gasteiger partial charge >= 0.3 is 0 Å². The number of ketones is 1. The molecule has 0 heterocycles. The van der Waals surface area contributed by atoms with Crippen molar-refractivity contribution in [3.63, 3.8) is 0 Å². The molecule has 0 aliphatic carbocycles. The molecular formula is C17H23NO3. The molecule has 21 heavy (non-hydrogen) atoms. The Kier molecular flexibility index (Phi) is 7.07. The number of hydrogen-bond acceptors (Lipinski definition) is 4. The van der Waals surface area contributed by atoms with Gasteiger partial charge in [0.15, 0.2) is 5.78 Å². The molecule has 0 spiro atoms. The Bertz CT molecular complexity index is 486. The van der Waals surface area contributed by atoms with Gasteiger partial charge in [0, 0.05) is 6.42 Å². The molecular weight excluding hydrogens is 266 g/mol. The highest BCUT2D eigenvalue weighted by Gasteiger charge is 2.18. The van der Waals surface area contributed by atoms with E-state index in [2.05, 4.69) is 6.07 Å². The van der Waals surface area contributed by atoms with Crippen LogP contribution in [0.2, 0.25) is 0 Å². The zero-order chi connectivity index (χ0) is 15.7. The van der Waals surface area contributed by atoms with Crippen molar-refractivity contribution < 1.29 is 14.6 Å². The Balaban J connectivity index is 2.18. The summed E-state index contributed by atoms with van der Waals surface area (Å²) in [6, 6.07) is 9.84. The second-order valence-corrected chi connectivity index (χ2v) is 5.81. The smallest absolute Gasteiger partial charge is 0.158 e. The molecule has 0 radical (unpaired) electrons. The minimum atomic E-state index is -0.454. The van der Waals surface area contributed by atoms with Gasteiger partial charge in [0.05, 0.1) is 24.7 Å². The maximum absolute atomic E-state index is 11.6. The van der Waals surface area contributed by atoms with E-state index in [4.69, 9.17) is 15.1 Å². The zero-order valence-electron chi connectivity index (χ0n) is 12.8. The van der Waals surface area contributed by atoms with Crippen LogP contribution >= 0.6 is 0 Å². The van der Waals surface area contributed by atoms with Crippen LogP contribution in [-0.2, 0) is 22.6 Å². The fourth-order valence-electron chi connectivity index (χ4n) is 1.77. The molecule has 114 valence electrons. The highest BCUT2D eigenvalue weighted by atomic mass is 16.5. The first-order valence-electron chi connectivity index (χ1n) is 7.16. The van der Waals surface area contributed by atoms with Crippen LogP contribution in [0.1, 0.15) is 37.8 Å². The second kappa shape index (κ2) is 8.56. The van der Waals surface area contributed by atoms with E-state index in [-0.39, 0.29) is 19.0 Å². The molecule has 4 nitrogen and oxygen atoms in total. The van der Waals surface area contributed by atoms with E-state index < -0.39 is 5.41 Å². The average molecular weight is 289 g/mol. The summed E-state index contributed by atoms with van der Waals surface area (Å²) in [5.74, 6) is 0.0361. The van der Waals surface area contributed by atoms with Gasteiger partial charge in [0.1, 0.15) is 6.61 Å². The number of ether oxygens (including phenoxy) is 1. The molecule has 0 unspecified atom stereocenters. The lowest BCUT2D eigenvalue weighted by Gasteiger charge is -2.13. The van der Waals surface area contributed by atoms with Gasteiger partial charge in [0.2, 0.25) is 0 Å². The minimum Gasteiger partial charge on any atom is -0.392 e. The number of benzene rings is 1. The Morgan fingerprint density at radius 1 is 1.29 bits per heavy atom. The molecule has 0 aliphatic rings. The standard InChI is InChI=1S/C17H23NO3/c1-17(2,13-18)9-7-16(20)12-21-10-8-14-3-5-15(11-19)6-4-14/h3-6,19H,7-12H2,1-2H3. The van der Waals surface area contributed by atoms with Crippen molar-refractivity contribution in [1.29, 1.82) is 5.26 Å². The van der Waals surface area contributed by atoms with Crippen LogP contribution in [0, 0.1) is 16.7 Å². The fraction of sp³-hybridized carbons (Fsp3) is 0.529. The van der Waals surface area contributed by atoms with E-state index in [1.54, 1.807) is 0 Å². The van der Waals surface area contributed by atoms with Gasteiger partial charge in [-0.1, -0.05) is 24.3 Å². The van der Waals surface area contributed by atoms with Crippen LogP contribution in [0.4, 0.5) is 0 Å². The molecule has 1 N–H and O–H groups in total. The second-order valence-electron chi connectivity index (χ2n) is 5.81. The van der Waals surface area contributed by atoms with Crippen molar-refractivity contribution in [2.75, 3.05) is 13.2 Å². The van der Waals surface area contributed by atoms with Crippen LogP contribution in [0.15, 0.2) is 24.3 Å². The van der Waals surface area contributed by atoms with E-state index in [9.17, 15) is 4.79 Å². The molecule has 0 fully saturated rings. The Labute approximate surface area is 126 Å². The average Bonchev–Trinajstić information content (AvgIpc) is 2.50. The van der Waals surface area contributed by atoms with Gasteiger partial charge in [-0.25, -0.2) is 0 Å². The molecule has 1 rings (SSSR count). The Morgan fingerprint density at radius 3 is 2.48 bits per heavy atom. The summed E-state index contributed by atoms with van der Waals surface area (Å²) in [5, 5.41) is 17.8. The van der Waals surface area contributed by atoms with Crippen molar-refractivity contribution in [1.82, 2.24) is 0 Å². The Morgan fingerprint density at radius 2 is 1.90 bits per heavy atom. The van der Waals surface area contributed by atoms with Crippen molar-refractivity contribution in [3.8, 4) is 6.07 Å². The molecule has 0 saturated heterocycles. The number of Topliss-reactive ketones (excluding diaryl/α,β-unsaturated/α-hetero) is 1. The van der Waals surface area contributed by atoms with E-state index >= 15 is 0 Å². The molecule has 1 aromatic carbocycles. The third kappa shape index (κ3) is 7.03.